The Kier molecular flexibility index (Phi) is 5.10. The van der Waals surface area contributed by atoms with Gasteiger partial charge < -0.3 is 10.0 Å². The van der Waals surface area contributed by atoms with E-state index >= 15 is 0 Å². The van der Waals surface area contributed by atoms with Crippen LogP contribution in [0.15, 0.2) is 18.2 Å². The summed E-state index contributed by atoms with van der Waals surface area (Å²) in [5.74, 6) is -1.81. The predicted octanol–water partition coefficient (Wildman–Crippen LogP) is 2.20. The summed E-state index contributed by atoms with van der Waals surface area (Å²) in [5.41, 5.74) is 3.59. The molecule has 0 aliphatic heterocycles. The lowest BCUT2D eigenvalue weighted by atomic mass is 9.96. The van der Waals surface area contributed by atoms with E-state index in [9.17, 15) is 9.59 Å². The second-order valence-electron chi connectivity index (χ2n) is 5.12. The van der Waals surface area contributed by atoms with Crippen LogP contribution in [0.3, 0.4) is 0 Å². The molecule has 0 radical (unpaired) electrons. The molecule has 0 spiro atoms. The second kappa shape index (κ2) is 6.36. The van der Waals surface area contributed by atoms with Gasteiger partial charge in [0.1, 0.15) is 0 Å². The number of aryl methyl sites for hydroxylation is 1. The van der Waals surface area contributed by atoms with Crippen molar-refractivity contribution in [2.75, 3.05) is 13.6 Å². The van der Waals surface area contributed by atoms with Gasteiger partial charge in [-0.15, -0.1) is 0 Å². The van der Waals surface area contributed by atoms with Gasteiger partial charge in [-0.05, 0) is 36.0 Å². The van der Waals surface area contributed by atoms with Gasteiger partial charge in [-0.1, -0.05) is 32.0 Å². The van der Waals surface area contributed by atoms with Crippen LogP contribution in [0.25, 0.3) is 0 Å². The molecule has 0 aliphatic carbocycles. The number of amides is 1. The molecule has 1 amide bonds. The normalized spacial score (nSPS) is 10.6. The molecule has 104 valence electrons. The highest BCUT2D eigenvalue weighted by atomic mass is 16.4. The van der Waals surface area contributed by atoms with Crippen molar-refractivity contribution < 1.29 is 14.7 Å². The summed E-state index contributed by atoms with van der Waals surface area (Å²) in [6.45, 7) is 6.70. The fraction of sp³-hybridized carbons (Fsp3) is 0.467. The third-order valence-electron chi connectivity index (χ3n) is 3.29. The highest BCUT2D eigenvalue weighted by Crippen LogP contribution is 2.19. The quantitative estimate of drug-likeness (QED) is 0.847. The van der Waals surface area contributed by atoms with Gasteiger partial charge in [-0.2, -0.15) is 0 Å². The van der Waals surface area contributed by atoms with Crippen LogP contribution in [-0.4, -0.2) is 35.5 Å². The predicted molar refractivity (Wildman–Crippen MR) is 74.2 cm³/mol. The Morgan fingerprint density at radius 1 is 1.32 bits per heavy atom. The van der Waals surface area contributed by atoms with Crippen molar-refractivity contribution in [1.29, 1.82) is 0 Å². The number of carboxylic acids is 1. The summed E-state index contributed by atoms with van der Waals surface area (Å²) in [6.07, 6.45) is 0.669. The van der Waals surface area contributed by atoms with Crippen LogP contribution in [0.4, 0.5) is 0 Å². The average molecular weight is 263 g/mol. The molecule has 0 fully saturated rings. The van der Waals surface area contributed by atoms with Gasteiger partial charge >= 0.3 is 11.9 Å². The van der Waals surface area contributed by atoms with Crippen LogP contribution >= 0.6 is 0 Å². The molecule has 1 aromatic rings. The van der Waals surface area contributed by atoms with Crippen LogP contribution in [0.2, 0.25) is 0 Å². The van der Waals surface area contributed by atoms with Gasteiger partial charge in [0.15, 0.2) is 0 Å². The first-order valence-electron chi connectivity index (χ1n) is 6.40. The number of carbonyl (C=O) groups is 2. The van der Waals surface area contributed by atoms with Gasteiger partial charge in [-0.3, -0.25) is 4.79 Å². The molecule has 4 nitrogen and oxygen atoms in total. The number of likely N-dealkylation sites (N-methyl/N-ethyl adjacent to an activating group) is 1. The Bertz CT molecular complexity index is 480. The Hall–Kier alpha value is -1.84. The van der Waals surface area contributed by atoms with E-state index in [4.69, 9.17) is 5.11 Å². The van der Waals surface area contributed by atoms with E-state index in [0.717, 1.165) is 5.56 Å². The van der Waals surface area contributed by atoms with Crippen molar-refractivity contribution in [3.05, 3.63) is 34.9 Å². The zero-order valence-corrected chi connectivity index (χ0v) is 11.9. The lowest BCUT2D eigenvalue weighted by Crippen LogP contribution is -2.34. The Labute approximate surface area is 114 Å². The molecule has 0 atom stereocenters. The van der Waals surface area contributed by atoms with E-state index in [2.05, 4.69) is 32.0 Å². The maximum atomic E-state index is 11.3. The molecule has 0 aliphatic rings. The fourth-order valence-corrected chi connectivity index (χ4v) is 1.87. The smallest absolute Gasteiger partial charge is 0.394 e. The first-order chi connectivity index (χ1) is 8.82. The molecule has 1 N–H and O–H groups in total. The highest BCUT2D eigenvalue weighted by molar-refractivity contribution is 6.31. The summed E-state index contributed by atoms with van der Waals surface area (Å²) in [6, 6.07) is 6.32. The molecular formula is C15H21NO3. The van der Waals surface area contributed by atoms with Crippen molar-refractivity contribution in [1.82, 2.24) is 4.90 Å². The molecule has 19 heavy (non-hydrogen) atoms. The molecule has 0 heterocycles. The van der Waals surface area contributed by atoms with E-state index in [1.807, 2.05) is 6.92 Å². The first-order valence-corrected chi connectivity index (χ1v) is 6.40. The summed E-state index contributed by atoms with van der Waals surface area (Å²) < 4.78 is 0. The fourth-order valence-electron chi connectivity index (χ4n) is 1.87. The summed E-state index contributed by atoms with van der Waals surface area (Å²) in [4.78, 5) is 23.1. The molecular weight excluding hydrogens is 242 g/mol. The summed E-state index contributed by atoms with van der Waals surface area (Å²) in [7, 11) is 1.51. The number of hydrogen-bond donors (Lipinski definition) is 1. The number of rotatable bonds is 4. The van der Waals surface area contributed by atoms with Crippen LogP contribution in [0, 0.1) is 6.92 Å². The number of hydrogen-bond acceptors (Lipinski definition) is 2. The van der Waals surface area contributed by atoms with Gasteiger partial charge in [-0.25, -0.2) is 4.79 Å². The van der Waals surface area contributed by atoms with Crippen molar-refractivity contribution in [2.24, 2.45) is 0 Å². The highest BCUT2D eigenvalue weighted by Gasteiger charge is 2.16. The van der Waals surface area contributed by atoms with E-state index in [-0.39, 0.29) is 0 Å². The molecule has 4 heteroatoms. The minimum Gasteiger partial charge on any atom is -0.474 e. The summed E-state index contributed by atoms with van der Waals surface area (Å²) >= 11 is 0. The number of benzene rings is 1. The zero-order chi connectivity index (χ0) is 14.6. The SMILES string of the molecule is Cc1ccc(C(C)C)cc1CCN(C)C(=O)C(=O)O. The number of carboxylic acid groups (broad SMARTS) is 1. The van der Waals surface area contributed by atoms with E-state index in [0.29, 0.717) is 18.9 Å². The third kappa shape index (κ3) is 4.09. The maximum absolute atomic E-state index is 11.3. The van der Waals surface area contributed by atoms with Crippen LogP contribution in [0.1, 0.15) is 36.5 Å². The zero-order valence-electron chi connectivity index (χ0n) is 11.9. The Morgan fingerprint density at radius 3 is 2.47 bits per heavy atom. The van der Waals surface area contributed by atoms with Crippen molar-refractivity contribution in [3.63, 3.8) is 0 Å². The lowest BCUT2D eigenvalue weighted by Gasteiger charge is -2.16. The standard InChI is InChI=1S/C15H21NO3/c1-10(2)12-6-5-11(3)13(9-12)7-8-16(4)14(17)15(18)19/h5-6,9-10H,7-8H2,1-4H3,(H,18,19). The van der Waals surface area contributed by atoms with Crippen molar-refractivity contribution >= 4 is 11.9 Å². The molecule has 0 aromatic heterocycles. The van der Waals surface area contributed by atoms with Crippen molar-refractivity contribution in [2.45, 2.75) is 33.1 Å². The number of carbonyl (C=O) groups excluding carboxylic acids is 1. The van der Waals surface area contributed by atoms with Crippen LogP contribution < -0.4 is 0 Å². The number of nitrogens with zero attached hydrogens (tertiary/aromatic N) is 1. The summed E-state index contributed by atoms with van der Waals surface area (Å²) in [5, 5.41) is 8.63. The third-order valence-corrected chi connectivity index (χ3v) is 3.29. The van der Waals surface area contributed by atoms with E-state index in [1.165, 1.54) is 23.1 Å². The van der Waals surface area contributed by atoms with Crippen molar-refractivity contribution in [3.8, 4) is 0 Å². The minimum absolute atomic E-state index is 0.410. The maximum Gasteiger partial charge on any atom is 0.394 e. The Balaban J connectivity index is 2.74. The van der Waals surface area contributed by atoms with Gasteiger partial charge in [0.05, 0.1) is 0 Å². The van der Waals surface area contributed by atoms with Crippen LogP contribution in [0.5, 0.6) is 0 Å². The monoisotopic (exact) mass is 263 g/mol. The molecule has 0 unspecified atom stereocenters. The van der Waals surface area contributed by atoms with Gasteiger partial charge in [0.25, 0.3) is 0 Å². The first kappa shape index (κ1) is 15.2. The second-order valence-corrected chi connectivity index (χ2v) is 5.12. The molecule has 1 rings (SSSR count). The average Bonchev–Trinajstić information content (AvgIpc) is 2.35. The largest absolute Gasteiger partial charge is 0.474 e. The molecule has 0 saturated heterocycles. The van der Waals surface area contributed by atoms with Crippen LogP contribution in [-0.2, 0) is 16.0 Å². The number of aliphatic carboxylic acids is 1. The lowest BCUT2D eigenvalue weighted by molar-refractivity contribution is -0.155. The topological polar surface area (TPSA) is 57.6 Å². The molecule has 0 saturated carbocycles. The van der Waals surface area contributed by atoms with Gasteiger partial charge in [0.2, 0.25) is 0 Å². The van der Waals surface area contributed by atoms with E-state index < -0.39 is 11.9 Å². The molecule has 1 aromatic carbocycles. The minimum atomic E-state index is -1.41. The van der Waals surface area contributed by atoms with E-state index in [1.54, 1.807) is 0 Å². The molecule has 0 bridgehead atoms. The Morgan fingerprint density at radius 2 is 1.95 bits per heavy atom. The van der Waals surface area contributed by atoms with Gasteiger partial charge in [0, 0.05) is 13.6 Å².